The summed E-state index contributed by atoms with van der Waals surface area (Å²) in [5.74, 6) is -2.61. The molecule has 1 saturated heterocycles. The second-order valence-electron chi connectivity index (χ2n) is 9.93. The summed E-state index contributed by atoms with van der Waals surface area (Å²) >= 11 is 0. The third-order valence-electron chi connectivity index (χ3n) is 6.12. The van der Waals surface area contributed by atoms with Crippen molar-refractivity contribution in [1.82, 2.24) is 15.5 Å². The lowest BCUT2D eigenvalue weighted by atomic mass is 10.00. The van der Waals surface area contributed by atoms with E-state index in [1.54, 1.807) is 26.0 Å². The van der Waals surface area contributed by atoms with Crippen molar-refractivity contribution in [3.05, 3.63) is 29.8 Å². The molecule has 2 rings (SSSR count). The predicted octanol–water partition coefficient (Wildman–Crippen LogP) is 1.01. The van der Waals surface area contributed by atoms with Crippen LogP contribution in [0.2, 0.25) is 0 Å². The fourth-order valence-electron chi connectivity index (χ4n) is 4.22. The fourth-order valence-corrected chi connectivity index (χ4v) is 4.22. The first kappa shape index (κ1) is 28.1. The molecule has 0 aromatic heterocycles. The van der Waals surface area contributed by atoms with Crippen LogP contribution in [0.1, 0.15) is 52.5 Å². The van der Waals surface area contributed by atoms with Crippen LogP contribution in [0.5, 0.6) is 5.75 Å². The number of nitrogens with two attached hydrogens (primary N) is 1. The summed E-state index contributed by atoms with van der Waals surface area (Å²) in [5, 5.41) is 24.1. The number of benzene rings is 1. The Labute approximate surface area is 206 Å². The Morgan fingerprint density at radius 1 is 1.09 bits per heavy atom. The van der Waals surface area contributed by atoms with Gasteiger partial charge in [-0.15, -0.1) is 0 Å². The first-order valence-electron chi connectivity index (χ1n) is 12.1. The second-order valence-corrected chi connectivity index (χ2v) is 9.93. The number of phenolic OH excluding ortho intramolecular Hbond substituents is 1. The van der Waals surface area contributed by atoms with Gasteiger partial charge in [0.15, 0.2) is 0 Å². The van der Waals surface area contributed by atoms with Gasteiger partial charge in [0.25, 0.3) is 0 Å². The van der Waals surface area contributed by atoms with E-state index in [0.29, 0.717) is 25.8 Å². The Morgan fingerprint density at radius 2 is 1.71 bits per heavy atom. The van der Waals surface area contributed by atoms with Crippen molar-refractivity contribution in [3.63, 3.8) is 0 Å². The number of carboxylic acids is 1. The zero-order valence-corrected chi connectivity index (χ0v) is 20.9. The van der Waals surface area contributed by atoms with Gasteiger partial charge in [-0.1, -0.05) is 39.8 Å². The van der Waals surface area contributed by atoms with E-state index in [1.807, 2.05) is 13.8 Å². The minimum Gasteiger partial charge on any atom is -0.508 e. The fraction of sp³-hybridized carbons (Fsp3) is 0.600. The van der Waals surface area contributed by atoms with Gasteiger partial charge >= 0.3 is 5.97 Å². The monoisotopic (exact) mass is 490 g/mol. The average molecular weight is 491 g/mol. The number of nitrogens with one attached hydrogen (secondary N) is 2. The lowest BCUT2D eigenvalue weighted by Gasteiger charge is -2.31. The van der Waals surface area contributed by atoms with Gasteiger partial charge in [0.05, 0.1) is 6.04 Å². The summed E-state index contributed by atoms with van der Waals surface area (Å²) < 4.78 is 0. The number of carboxylic acid groups (broad SMARTS) is 1. The van der Waals surface area contributed by atoms with Crippen LogP contribution in [0.3, 0.4) is 0 Å². The highest BCUT2D eigenvalue weighted by atomic mass is 16.4. The van der Waals surface area contributed by atoms with E-state index < -0.39 is 42.0 Å². The van der Waals surface area contributed by atoms with Crippen LogP contribution in [-0.4, -0.2) is 69.5 Å². The van der Waals surface area contributed by atoms with Crippen LogP contribution < -0.4 is 16.4 Å². The topological polar surface area (TPSA) is 162 Å². The molecule has 10 heteroatoms. The lowest BCUT2D eigenvalue weighted by Crippen LogP contribution is -2.57. The van der Waals surface area contributed by atoms with Crippen LogP contribution in [0.4, 0.5) is 0 Å². The van der Waals surface area contributed by atoms with Crippen molar-refractivity contribution in [2.45, 2.75) is 77.5 Å². The Bertz CT molecular complexity index is 902. The normalized spacial score (nSPS) is 18.3. The molecule has 0 radical (unpaired) electrons. The maximum absolute atomic E-state index is 13.4. The van der Waals surface area contributed by atoms with Gasteiger partial charge in [-0.3, -0.25) is 14.4 Å². The van der Waals surface area contributed by atoms with E-state index >= 15 is 0 Å². The first-order valence-corrected chi connectivity index (χ1v) is 12.1. The standard InChI is InChI=1S/C25H38N4O6/c1-14(2)12-19(27-22(31)18(26)13-16-7-9-17(30)10-8-16)24(33)29-11-5-6-20(29)23(32)28-21(15(3)4)25(34)35/h7-10,14-15,18-21,30H,5-6,11-13,26H2,1-4H3,(H,27,31)(H,28,32)(H,34,35). The number of carbonyl (C=O) groups is 4. The van der Waals surface area contributed by atoms with Gasteiger partial charge in [0, 0.05) is 6.54 Å². The highest BCUT2D eigenvalue weighted by Gasteiger charge is 2.39. The number of carbonyl (C=O) groups excluding carboxylic acids is 3. The molecular weight excluding hydrogens is 452 g/mol. The van der Waals surface area contributed by atoms with Crippen molar-refractivity contribution in [2.75, 3.05) is 6.54 Å². The van der Waals surface area contributed by atoms with Crippen molar-refractivity contribution in [2.24, 2.45) is 17.6 Å². The molecule has 4 atom stereocenters. The highest BCUT2D eigenvalue weighted by Crippen LogP contribution is 2.21. The number of nitrogens with zero attached hydrogens (tertiary/aromatic N) is 1. The van der Waals surface area contributed by atoms with Crippen LogP contribution in [0, 0.1) is 11.8 Å². The van der Waals surface area contributed by atoms with Crippen molar-refractivity contribution >= 4 is 23.7 Å². The molecule has 1 aliphatic rings. The maximum Gasteiger partial charge on any atom is 0.326 e. The van der Waals surface area contributed by atoms with E-state index in [9.17, 15) is 29.4 Å². The first-order chi connectivity index (χ1) is 16.4. The molecule has 0 bridgehead atoms. The average Bonchev–Trinajstić information content (AvgIpc) is 3.27. The van der Waals surface area contributed by atoms with Gasteiger partial charge in [-0.2, -0.15) is 0 Å². The van der Waals surface area contributed by atoms with Gasteiger partial charge < -0.3 is 31.5 Å². The number of rotatable bonds is 11. The van der Waals surface area contributed by atoms with Crippen molar-refractivity contribution < 1.29 is 29.4 Å². The summed E-state index contributed by atoms with van der Waals surface area (Å²) in [6, 6.07) is 2.77. The molecule has 1 aromatic carbocycles. The largest absolute Gasteiger partial charge is 0.508 e. The van der Waals surface area contributed by atoms with Crippen LogP contribution in [0.15, 0.2) is 24.3 Å². The number of amides is 3. The van der Waals surface area contributed by atoms with Gasteiger partial charge in [0.1, 0.15) is 23.9 Å². The van der Waals surface area contributed by atoms with Gasteiger partial charge in [-0.05, 0) is 55.2 Å². The summed E-state index contributed by atoms with van der Waals surface area (Å²) in [5.41, 5.74) is 6.86. The van der Waals surface area contributed by atoms with E-state index in [4.69, 9.17) is 5.73 Å². The molecule has 1 aromatic rings. The molecular formula is C25H38N4O6. The van der Waals surface area contributed by atoms with Crippen LogP contribution >= 0.6 is 0 Å². The quantitative estimate of drug-likeness (QED) is 0.309. The lowest BCUT2D eigenvalue weighted by molar-refractivity contribution is -0.146. The maximum atomic E-state index is 13.4. The third kappa shape index (κ3) is 7.95. The molecule has 35 heavy (non-hydrogen) atoms. The third-order valence-corrected chi connectivity index (χ3v) is 6.12. The molecule has 0 aliphatic carbocycles. The smallest absolute Gasteiger partial charge is 0.326 e. The Kier molecular flexibility index (Phi) is 10.1. The van der Waals surface area contributed by atoms with Gasteiger partial charge in [0.2, 0.25) is 17.7 Å². The second kappa shape index (κ2) is 12.5. The van der Waals surface area contributed by atoms with E-state index in [-0.39, 0.29) is 29.9 Å². The molecule has 0 spiro atoms. The molecule has 194 valence electrons. The molecule has 1 fully saturated rings. The number of hydrogen-bond donors (Lipinski definition) is 5. The molecule has 4 unspecified atom stereocenters. The Balaban J connectivity index is 2.11. The predicted molar refractivity (Wildman–Crippen MR) is 130 cm³/mol. The van der Waals surface area contributed by atoms with Crippen molar-refractivity contribution in [1.29, 1.82) is 0 Å². The number of aromatic hydroxyl groups is 1. The van der Waals surface area contributed by atoms with E-state index in [2.05, 4.69) is 10.6 Å². The summed E-state index contributed by atoms with van der Waals surface area (Å²) in [7, 11) is 0. The summed E-state index contributed by atoms with van der Waals surface area (Å²) in [4.78, 5) is 52.1. The number of hydrogen-bond acceptors (Lipinski definition) is 6. The highest BCUT2D eigenvalue weighted by molar-refractivity contribution is 5.94. The van der Waals surface area contributed by atoms with Crippen LogP contribution in [0.25, 0.3) is 0 Å². The summed E-state index contributed by atoms with van der Waals surface area (Å²) in [6.45, 7) is 7.60. The Morgan fingerprint density at radius 3 is 2.26 bits per heavy atom. The summed E-state index contributed by atoms with van der Waals surface area (Å²) in [6.07, 6.45) is 1.62. The van der Waals surface area contributed by atoms with Crippen molar-refractivity contribution in [3.8, 4) is 5.75 Å². The molecule has 10 nitrogen and oxygen atoms in total. The zero-order valence-electron chi connectivity index (χ0n) is 20.9. The number of likely N-dealkylation sites (tertiary alicyclic amines) is 1. The minimum absolute atomic E-state index is 0.0878. The van der Waals surface area contributed by atoms with Crippen LogP contribution in [-0.2, 0) is 25.6 Å². The molecule has 1 aliphatic heterocycles. The molecule has 0 saturated carbocycles. The Hall–Kier alpha value is -3.14. The SMILES string of the molecule is CC(C)CC(NC(=O)C(N)Cc1ccc(O)cc1)C(=O)N1CCCC1C(=O)NC(C(=O)O)C(C)C. The minimum atomic E-state index is -1.13. The number of phenols is 1. The van der Waals surface area contributed by atoms with Gasteiger partial charge in [-0.25, -0.2) is 4.79 Å². The van der Waals surface area contributed by atoms with E-state index in [0.717, 1.165) is 5.56 Å². The molecule has 1 heterocycles. The van der Waals surface area contributed by atoms with E-state index in [1.165, 1.54) is 17.0 Å². The number of aliphatic carboxylic acids is 1. The molecule has 3 amide bonds. The zero-order chi connectivity index (χ0) is 26.3. The molecule has 6 N–H and O–H groups in total.